The summed E-state index contributed by atoms with van der Waals surface area (Å²) >= 11 is -1.41. The fourth-order valence-electron chi connectivity index (χ4n) is 4.40. The summed E-state index contributed by atoms with van der Waals surface area (Å²) < 4.78 is 11.0. The average Bonchev–Trinajstić information content (AvgIpc) is 2.86. The Morgan fingerprint density at radius 3 is 1.75 bits per heavy atom. The Hall–Kier alpha value is -1.56. The van der Waals surface area contributed by atoms with Crippen molar-refractivity contribution in [1.29, 1.82) is 0 Å². The fraction of sp³-hybridized carbons (Fsp3) is 0.630. The summed E-state index contributed by atoms with van der Waals surface area (Å²) in [6, 6.07) is 8.01. The van der Waals surface area contributed by atoms with E-state index >= 15 is 0 Å². The molecule has 1 aromatic heterocycles. The van der Waals surface area contributed by atoms with E-state index in [0.717, 1.165) is 24.3 Å². The van der Waals surface area contributed by atoms with Gasteiger partial charge in [-0.05, 0) is 24.3 Å². The number of nitrogens with zero attached hydrogens (tertiary/aromatic N) is 2. The van der Waals surface area contributed by atoms with Gasteiger partial charge in [-0.15, -0.1) is 0 Å². The number of hydrogen-bond donors (Lipinski definition) is 0. The molecule has 0 saturated heterocycles. The van der Waals surface area contributed by atoms with Crippen LogP contribution in [0.2, 0.25) is 21.0 Å². The standard InChI is InChI=1S/C27H44GeN2O2/c1-5-28(6-2,7-3)20-14-12-10-8-9-11-13-15-21-32-25-18-16-24(17-19-25)27-29-22-26(31-4)23-30-27/h16-19,22-23H,5-15,20-21H2,1-4H3. The van der Waals surface area contributed by atoms with Crippen LogP contribution in [-0.4, -0.2) is 37.0 Å². The van der Waals surface area contributed by atoms with Crippen LogP contribution in [0.4, 0.5) is 0 Å². The van der Waals surface area contributed by atoms with Crippen molar-refractivity contribution in [3.8, 4) is 22.9 Å². The van der Waals surface area contributed by atoms with Crippen molar-refractivity contribution in [2.24, 2.45) is 0 Å². The predicted octanol–water partition coefficient (Wildman–Crippen LogP) is 8.16. The van der Waals surface area contributed by atoms with Crippen LogP contribution in [-0.2, 0) is 0 Å². The Bertz CT molecular complexity index is 722. The number of aromatic nitrogens is 2. The normalized spacial score (nSPS) is 11.5. The van der Waals surface area contributed by atoms with Crippen LogP contribution in [0.5, 0.6) is 11.5 Å². The van der Waals surface area contributed by atoms with Crippen molar-refractivity contribution in [3.05, 3.63) is 36.7 Å². The molecular formula is C27H44GeN2O2. The van der Waals surface area contributed by atoms with E-state index in [0.29, 0.717) is 11.6 Å². The molecule has 0 N–H and O–H groups in total. The van der Waals surface area contributed by atoms with Crippen LogP contribution < -0.4 is 9.47 Å². The summed E-state index contributed by atoms with van der Waals surface area (Å²) in [6.07, 6.45) is 14.2. The first-order chi connectivity index (χ1) is 15.7. The summed E-state index contributed by atoms with van der Waals surface area (Å²) in [6.45, 7) is 8.13. The molecule has 32 heavy (non-hydrogen) atoms. The molecule has 0 aliphatic rings. The van der Waals surface area contributed by atoms with Crippen molar-refractivity contribution in [2.45, 2.75) is 93.2 Å². The zero-order valence-electron chi connectivity index (χ0n) is 20.9. The topological polar surface area (TPSA) is 44.2 Å². The van der Waals surface area contributed by atoms with Crippen molar-refractivity contribution < 1.29 is 9.47 Å². The van der Waals surface area contributed by atoms with E-state index in [-0.39, 0.29) is 0 Å². The Labute approximate surface area is 198 Å². The number of ether oxygens (including phenoxy) is 2. The molecule has 0 atom stereocenters. The summed E-state index contributed by atoms with van der Waals surface area (Å²) in [7, 11) is 1.62. The Kier molecular flexibility index (Phi) is 12.8. The fourth-order valence-corrected chi connectivity index (χ4v) is 11.9. The molecule has 0 spiro atoms. The van der Waals surface area contributed by atoms with Crippen molar-refractivity contribution in [1.82, 2.24) is 9.97 Å². The second kappa shape index (κ2) is 15.3. The smallest absolute Gasteiger partial charge is 0.494 e. The predicted molar refractivity (Wildman–Crippen MR) is 138 cm³/mol. The van der Waals surface area contributed by atoms with Gasteiger partial charge >= 0.3 is 124 Å². The van der Waals surface area contributed by atoms with Crippen LogP contribution in [0.3, 0.4) is 0 Å². The molecular weight excluding hydrogens is 457 g/mol. The van der Waals surface area contributed by atoms with Gasteiger partial charge < -0.3 is 4.74 Å². The van der Waals surface area contributed by atoms with Crippen molar-refractivity contribution in [2.75, 3.05) is 13.7 Å². The number of benzene rings is 1. The molecule has 2 aromatic rings. The zero-order chi connectivity index (χ0) is 23.1. The van der Waals surface area contributed by atoms with E-state index in [9.17, 15) is 0 Å². The number of hydrogen-bond acceptors (Lipinski definition) is 4. The van der Waals surface area contributed by atoms with E-state index in [1.165, 1.54) is 60.7 Å². The van der Waals surface area contributed by atoms with E-state index < -0.39 is 13.3 Å². The molecule has 178 valence electrons. The molecule has 0 aliphatic carbocycles. The zero-order valence-corrected chi connectivity index (χ0v) is 23.0. The van der Waals surface area contributed by atoms with Gasteiger partial charge in [-0.1, -0.05) is 0 Å². The Morgan fingerprint density at radius 1 is 0.688 bits per heavy atom. The third-order valence-electron chi connectivity index (χ3n) is 7.10. The minimum atomic E-state index is -1.41. The second-order valence-corrected chi connectivity index (χ2v) is 20.8. The second-order valence-electron chi connectivity index (χ2n) is 8.96. The maximum atomic E-state index is 5.90. The summed E-state index contributed by atoms with van der Waals surface area (Å²) in [5.74, 6) is 2.27. The van der Waals surface area contributed by atoms with Crippen molar-refractivity contribution >= 4 is 13.3 Å². The van der Waals surface area contributed by atoms with Gasteiger partial charge in [0.2, 0.25) is 0 Å². The molecule has 0 aliphatic heterocycles. The molecule has 1 aromatic carbocycles. The summed E-state index contributed by atoms with van der Waals surface area (Å²) in [4.78, 5) is 8.65. The van der Waals surface area contributed by atoms with Crippen molar-refractivity contribution in [3.63, 3.8) is 0 Å². The molecule has 0 bridgehead atoms. The minimum Gasteiger partial charge on any atom is -0.494 e. The molecule has 0 radical (unpaired) electrons. The molecule has 0 unspecified atom stereocenters. The molecule has 0 fully saturated rings. The number of unbranched alkanes of at least 4 members (excludes halogenated alkanes) is 7. The number of rotatable bonds is 17. The third kappa shape index (κ3) is 9.13. The number of methoxy groups -OCH3 is 1. The third-order valence-corrected chi connectivity index (χ3v) is 19.5. The van der Waals surface area contributed by atoms with E-state index in [4.69, 9.17) is 9.47 Å². The van der Waals surface area contributed by atoms with E-state index in [1.807, 2.05) is 24.3 Å². The molecule has 0 saturated carbocycles. The monoisotopic (exact) mass is 502 g/mol. The van der Waals surface area contributed by atoms with Gasteiger partial charge in [-0.3, -0.25) is 0 Å². The van der Waals surface area contributed by atoms with Crippen LogP contribution in [0.15, 0.2) is 36.7 Å². The maximum absolute atomic E-state index is 5.90. The first-order valence-electron chi connectivity index (χ1n) is 12.8. The van der Waals surface area contributed by atoms with Gasteiger partial charge in [0.05, 0.1) is 19.5 Å². The van der Waals surface area contributed by atoms with Gasteiger partial charge in [0.25, 0.3) is 0 Å². The van der Waals surface area contributed by atoms with Crippen LogP contribution in [0.1, 0.15) is 72.1 Å². The SMILES string of the molecule is C[CH2][Ge]([CH2]C)([CH2]C)[CH2]CCCCCCCCCOc1ccc(-c2ncc(OC)cn2)cc1. The van der Waals surface area contributed by atoms with E-state index in [2.05, 4.69) is 30.7 Å². The summed E-state index contributed by atoms with van der Waals surface area (Å²) in [5.41, 5.74) is 0.980. The van der Waals surface area contributed by atoms with Crippen LogP contribution in [0.25, 0.3) is 11.4 Å². The minimum absolute atomic E-state index is 0.665. The van der Waals surface area contributed by atoms with Crippen LogP contribution in [0, 0.1) is 0 Å². The van der Waals surface area contributed by atoms with Gasteiger partial charge in [0, 0.05) is 5.56 Å². The first-order valence-corrected chi connectivity index (χ1v) is 18.7. The quantitative estimate of drug-likeness (QED) is 0.162. The van der Waals surface area contributed by atoms with E-state index in [1.54, 1.807) is 24.8 Å². The van der Waals surface area contributed by atoms with Gasteiger partial charge in [-0.2, -0.15) is 0 Å². The van der Waals surface area contributed by atoms with Gasteiger partial charge in [0.15, 0.2) is 11.6 Å². The molecule has 0 amide bonds. The Balaban J connectivity index is 1.50. The molecule has 2 rings (SSSR count). The van der Waals surface area contributed by atoms with Gasteiger partial charge in [-0.25, -0.2) is 9.97 Å². The Morgan fingerprint density at radius 2 is 1.22 bits per heavy atom. The molecule has 5 heteroatoms. The summed E-state index contributed by atoms with van der Waals surface area (Å²) in [5, 5.41) is 6.18. The van der Waals surface area contributed by atoms with Crippen LogP contribution >= 0.6 is 0 Å². The van der Waals surface area contributed by atoms with Gasteiger partial charge in [0.1, 0.15) is 0 Å². The molecule has 4 nitrogen and oxygen atoms in total. The first kappa shape index (κ1) is 26.7. The average molecular weight is 501 g/mol. The molecule has 1 heterocycles.